The minimum absolute atomic E-state index is 0.0148. The molecule has 3 nitrogen and oxygen atoms in total. The first-order valence-corrected chi connectivity index (χ1v) is 11.3. The Bertz CT molecular complexity index is 1250. The van der Waals surface area contributed by atoms with Gasteiger partial charge in [0.1, 0.15) is 11.6 Å². The third kappa shape index (κ3) is 4.33. The number of rotatable bonds is 3. The van der Waals surface area contributed by atoms with Crippen LogP contribution in [-0.2, 0) is 0 Å². The van der Waals surface area contributed by atoms with Crippen molar-refractivity contribution < 1.29 is 13.6 Å². The van der Waals surface area contributed by atoms with Gasteiger partial charge >= 0.3 is 0 Å². The highest BCUT2D eigenvalue weighted by Crippen LogP contribution is 2.45. The van der Waals surface area contributed by atoms with E-state index in [-0.39, 0.29) is 29.5 Å². The van der Waals surface area contributed by atoms with Gasteiger partial charge < -0.3 is 0 Å². The van der Waals surface area contributed by atoms with E-state index in [9.17, 15) is 13.6 Å². The second-order valence-corrected chi connectivity index (χ2v) is 8.80. The zero-order valence-corrected chi connectivity index (χ0v) is 18.5. The second kappa shape index (κ2) is 8.91. The molecule has 2 unspecified atom stereocenters. The number of hydrogen-bond acceptors (Lipinski definition) is 2. The van der Waals surface area contributed by atoms with Crippen molar-refractivity contribution in [1.29, 1.82) is 0 Å². The van der Waals surface area contributed by atoms with Crippen LogP contribution < -0.4 is 0 Å². The predicted molar refractivity (Wildman–Crippen MR) is 126 cm³/mol. The van der Waals surface area contributed by atoms with Gasteiger partial charge in [-0.2, -0.15) is 5.10 Å². The highest BCUT2D eigenvalue weighted by Gasteiger charge is 2.44. The fourth-order valence-corrected chi connectivity index (χ4v) is 4.87. The summed E-state index contributed by atoms with van der Waals surface area (Å²) < 4.78 is 27.0. The van der Waals surface area contributed by atoms with E-state index in [2.05, 4.69) is 0 Å². The minimum atomic E-state index is -0.344. The summed E-state index contributed by atoms with van der Waals surface area (Å²) in [6, 6.07) is 19.0. The smallest absolute Gasteiger partial charge is 0.267 e. The van der Waals surface area contributed by atoms with E-state index in [1.807, 2.05) is 6.08 Å². The number of hydrogen-bond donors (Lipinski definition) is 0. The standard InChI is InChI=1S/C27H21ClF2N2O/c28-21-5-1-4-20(16-21)27(33)32-26(18-9-13-23(30)14-10-18)24-6-2-3-19(25(24)31-32)15-17-7-11-22(29)12-8-17/h1,4-5,7-16,24,26H,2-3,6H2. The molecular weight excluding hydrogens is 442 g/mol. The Labute approximate surface area is 196 Å². The number of halogens is 3. The number of carbonyl (C=O) groups excluding carboxylic acids is 1. The van der Waals surface area contributed by atoms with Gasteiger partial charge in [0.25, 0.3) is 5.91 Å². The summed E-state index contributed by atoms with van der Waals surface area (Å²) >= 11 is 6.13. The van der Waals surface area contributed by atoms with E-state index in [1.165, 1.54) is 29.3 Å². The summed E-state index contributed by atoms with van der Waals surface area (Å²) in [4.78, 5) is 13.5. The van der Waals surface area contributed by atoms with Gasteiger partial charge in [-0.25, -0.2) is 13.8 Å². The van der Waals surface area contributed by atoms with Crippen molar-refractivity contribution in [1.82, 2.24) is 5.01 Å². The molecule has 33 heavy (non-hydrogen) atoms. The van der Waals surface area contributed by atoms with Gasteiger partial charge in [0, 0.05) is 16.5 Å². The molecule has 1 saturated carbocycles. The van der Waals surface area contributed by atoms with Crippen LogP contribution >= 0.6 is 11.6 Å². The first-order valence-electron chi connectivity index (χ1n) is 10.9. The van der Waals surface area contributed by atoms with E-state index < -0.39 is 0 Å². The van der Waals surface area contributed by atoms with Crippen molar-refractivity contribution in [2.45, 2.75) is 25.3 Å². The Morgan fingerprint density at radius 1 is 1.00 bits per heavy atom. The lowest BCUT2D eigenvalue weighted by Crippen LogP contribution is -2.31. The van der Waals surface area contributed by atoms with Crippen molar-refractivity contribution in [3.63, 3.8) is 0 Å². The van der Waals surface area contributed by atoms with E-state index in [4.69, 9.17) is 16.7 Å². The van der Waals surface area contributed by atoms with Gasteiger partial charge in [-0.15, -0.1) is 0 Å². The van der Waals surface area contributed by atoms with Crippen molar-refractivity contribution in [2.75, 3.05) is 0 Å². The Hall–Kier alpha value is -3.31. The molecule has 3 aromatic carbocycles. The van der Waals surface area contributed by atoms with Crippen molar-refractivity contribution >= 4 is 29.3 Å². The molecule has 3 aromatic rings. The van der Waals surface area contributed by atoms with Crippen LogP contribution in [0.1, 0.15) is 46.8 Å². The number of fused-ring (bicyclic) bond motifs is 1. The summed E-state index contributed by atoms with van der Waals surface area (Å²) in [7, 11) is 0. The Kier molecular flexibility index (Phi) is 5.81. The third-order valence-corrected chi connectivity index (χ3v) is 6.44. The van der Waals surface area contributed by atoms with Gasteiger partial charge in [0.05, 0.1) is 11.8 Å². The van der Waals surface area contributed by atoms with Crippen LogP contribution in [0.25, 0.3) is 6.08 Å². The van der Waals surface area contributed by atoms with E-state index in [0.717, 1.165) is 41.7 Å². The summed E-state index contributed by atoms with van der Waals surface area (Å²) in [5.74, 6) is -0.883. The molecule has 0 aromatic heterocycles. The van der Waals surface area contributed by atoms with E-state index in [0.29, 0.717) is 10.6 Å². The van der Waals surface area contributed by atoms with Gasteiger partial charge in [0.15, 0.2) is 0 Å². The molecule has 0 saturated heterocycles. The average Bonchev–Trinajstić information content (AvgIpc) is 3.21. The first kappa shape index (κ1) is 21.5. The van der Waals surface area contributed by atoms with Crippen LogP contribution in [0.3, 0.4) is 0 Å². The zero-order chi connectivity index (χ0) is 22.9. The number of benzene rings is 3. The van der Waals surface area contributed by atoms with Crippen LogP contribution in [-0.4, -0.2) is 16.6 Å². The first-order chi connectivity index (χ1) is 16.0. The number of nitrogens with zero attached hydrogens (tertiary/aromatic N) is 2. The molecule has 5 rings (SSSR count). The Morgan fingerprint density at radius 2 is 1.70 bits per heavy atom. The maximum Gasteiger partial charge on any atom is 0.274 e. The molecule has 1 fully saturated rings. The molecule has 0 N–H and O–H groups in total. The number of amides is 1. The van der Waals surface area contributed by atoms with Crippen LogP contribution in [0.5, 0.6) is 0 Å². The fraction of sp³-hybridized carbons (Fsp3) is 0.185. The lowest BCUT2D eigenvalue weighted by Gasteiger charge is -2.29. The molecular formula is C27H21ClF2N2O. The quantitative estimate of drug-likeness (QED) is 0.410. The highest BCUT2D eigenvalue weighted by atomic mass is 35.5. The van der Waals surface area contributed by atoms with Gasteiger partial charge in [0.2, 0.25) is 0 Å². The maximum absolute atomic E-state index is 13.6. The molecule has 166 valence electrons. The topological polar surface area (TPSA) is 32.7 Å². The lowest BCUT2D eigenvalue weighted by molar-refractivity contribution is 0.0681. The second-order valence-electron chi connectivity index (χ2n) is 8.36. The number of carbonyl (C=O) groups is 1. The molecule has 6 heteroatoms. The van der Waals surface area contributed by atoms with Crippen molar-refractivity contribution in [3.05, 3.63) is 112 Å². The molecule has 1 amide bonds. The van der Waals surface area contributed by atoms with Crippen LogP contribution in [0.15, 0.2) is 83.5 Å². The van der Waals surface area contributed by atoms with E-state index >= 15 is 0 Å². The molecule has 1 aliphatic heterocycles. The van der Waals surface area contributed by atoms with Crippen LogP contribution in [0.2, 0.25) is 5.02 Å². The minimum Gasteiger partial charge on any atom is -0.267 e. The molecule has 2 aliphatic rings. The SMILES string of the molecule is O=C(c1cccc(Cl)c1)N1N=C2C(=Cc3ccc(F)cc3)CCCC2C1c1ccc(F)cc1. The van der Waals surface area contributed by atoms with Crippen LogP contribution in [0, 0.1) is 17.6 Å². The zero-order valence-electron chi connectivity index (χ0n) is 17.7. The lowest BCUT2D eigenvalue weighted by atomic mass is 9.77. The molecule has 1 aliphatic carbocycles. The molecule has 0 spiro atoms. The number of allylic oxidation sites excluding steroid dienone is 1. The largest absolute Gasteiger partial charge is 0.274 e. The maximum atomic E-state index is 13.6. The summed E-state index contributed by atoms with van der Waals surface area (Å²) in [6.45, 7) is 0. The molecule has 0 radical (unpaired) electrons. The van der Waals surface area contributed by atoms with Crippen molar-refractivity contribution in [2.24, 2.45) is 11.0 Å². The predicted octanol–water partition coefficient (Wildman–Crippen LogP) is 7.06. The fourth-order valence-electron chi connectivity index (χ4n) is 4.68. The molecule has 2 atom stereocenters. The normalized spacial score (nSPS) is 21.1. The summed E-state index contributed by atoms with van der Waals surface area (Å²) in [5.41, 5.74) is 4.05. The number of hydrazone groups is 1. The van der Waals surface area contributed by atoms with Crippen LogP contribution in [0.4, 0.5) is 8.78 Å². The van der Waals surface area contributed by atoms with Crippen molar-refractivity contribution in [3.8, 4) is 0 Å². The van der Waals surface area contributed by atoms with Gasteiger partial charge in [-0.3, -0.25) is 4.79 Å². The molecule has 1 heterocycles. The molecule has 0 bridgehead atoms. The van der Waals surface area contributed by atoms with Gasteiger partial charge in [-0.05, 0) is 84.5 Å². The Balaban J connectivity index is 1.58. The van der Waals surface area contributed by atoms with E-state index in [1.54, 1.807) is 48.5 Å². The average molecular weight is 463 g/mol. The summed E-state index contributed by atoms with van der Waals surface area (Å²) in [5, 5.41) is 6.80. The monoisotopic (exact) mass is 462 g/mol. The third-order valence-electron chi connectivity index (χ3n) is 6.20. The Morgan fingerprint density at radius 3 is 2.39 bits per heavy atom. The van der Waals surface area contributed by atoms with Gasteiger partial charge in [-0.1, -0.05) is 41.9 Å². The summed E-state index contributed by atoms with van der Waals surface area (Å²) in [6.07, 6.45) is 4.64. The highest BCUT2D eigenvalue weighted by molar-refractivity contribution is 6.31.